The van der Waals surface area contributed by atoms with E-state index in [-0.39, 0.29) is 0 Å². The van der Waals surface area contributed by atoms with Crippen molar-refractivity contribution < 1.29 is 0 Å². The normalized spacial score (nSPS) is 10.2. The van der Waals surface area contributed by atoms with Crippen LogP contribution in [0.2, 0.25) is 0 Å². The van der Waals surface area contributed by atoms with Crippen molar-refractivity contribution in [3.05, 3.63) is 35.9 Å². The third-order valence-corrected chi connectivity index (χ3v) is 2.32. The van der Waals surface area contributed by atoms with Crippen molar-refractivity contribution in [3.63, 3.8) is 0 Å². The molecule has 92 valence electrons. The highest BCUT2D eigenvalue weighted by molar-refractivity contribution is 5.14. The first-order valence-electron chi connectivity index (χ1n) is 6.48. The molecule has 16 heavy (non-hydrogen) atoms. The van der Waals surface area contributed by atoms with Crippen LogP contribution in [-0.2, 0) is 6.54 Å². The molecule has 1 aromatic rings. The third-order valence-electron chi connectivity index (χ3n) is 2.32. The number of benzene rings is 1. The molecule has 0 aromatic heterocycles. The smallest absolute Gasteiger partial charge is 0.0233 e. The summed E-state index contributed by atoms with van der Waals surface area (Å²) in [6, 6.07) is 10.7. The molecule has 0 N–H and O–H groups in total. The Hall–Kier alpha value is -0.820. The average molecular weight is 221 g/mol. The molecule has 0 radical (unpaired) electrons. The van der Waals surface area contributed by atoms with E-state index in [2.05, 4.69) is 56.0 Å². The van der Waals surface area contributed by atoms with Crippen molar-refractivity contribution in [1.29, 1.82) is 0 Å². The lowest BCUT2D eigenvalue weighted by Crippen LogP contribution is -2.26. The summed E-state index contributed by atoms with van der Waals surface area (Å²) < 4.78 is 0. The lowest BCUT2D eigenvalue weighted by molar-refractivity contribution is 0.248. The standard InChI is InChI=1S/C13H21N.C2H6/c1-4-14(10-12(2)3)11-13-8-6-5-7-9-13;1-2/h5-9,12H,4,10-11H2,1-3H3;1-2H3. The molecular formula is C15H27N. The fraction of sp³-hybridized carbons (Fsp3) is 0.600. The van der Waals surface area contributed by atoms with E-state index >= 15 is 0 Å². The van der Waals surface area contributed by atoms with Gasteiger partial charge in [-0.3, -0.25) is 4.90 Å². The molecule has 0 saturated heterocycles. The van der Waals surface area contributed by atoms with Gasteiger partial charge in [0.1, 0.15) is 0 Å². The topological polar surface area (TPSA) is 3.24 Å². The lowest BCUT2D eigenvalue weighted by atomic mass is 10.1. The summed E-state index contributed by atoms with van der Waals surface area (Å²) in [5.41, 5.74) is 1.41. The summed E-state index contributed by atoms with van der Waals surface area (Å²) >= 11 is 0. The Kier molecular flexibility index (Phi) is 8.93. The minimum absolute atomic E-state index is 0.749. The van der Waals surface area contributed by atoms with Gasteiger partial charge in [-0.1, -0.05) is 65.0 Å². The van der Waals surface area contributed by atoms with E-state index in [1.807, 2.05) is 13.8 Å². The number of nitrogens with zero attached hydrogens (tertiary/aromatic N) is 1. The molecule has 0 unspecified atom stereocenters. The minimum Gasteiger partial charge on any atom is -0.299 e. The molecule has 1 nitrogen and oxygen atoms in total. The number of rotatable bonds is 5. The first-order chi connectivity index (χ1) is 7.72. The summed E-state index contributed by atoms with van der Waals surface area (Å²) in [4.78, 5) is 2.49. The van der Waals surface area contributed by atoms with Crippen LogP contribution in [0.3, 0.4) is 0 Å². The van der Waals surface area contributed by atoms with E-state index in [9.17, 15) is 0 Å². The second-order valence-electron chi connectivity index (χ2n) is 4.21. The van der Waals surface area contributed by atoms with Gasteiger partial charge in [0.2, 0.25) is 0 Å². The molecule has 0 aliphatic heterocycles. The minimum atomic E-state index is 0.749. The van der Waals surface area contributed by atoms with Gasteiger partial charge in [-0.15, -0.1) is 0 Å². The van der Waals surface area contributed by atoms with Crippen LogP contribution in [0.5, 0.6) is 0 Å². The monoisotopic (exact) mass is 221 g/mol. The quantitative estimate of drug-likeness (QED) is 0.720. The predicted molar refractivity (Wildman–Crippen MR) is 73.6 cm³/mol. The summed E-state index contributed by atoms with van der Waals surface area (Å²) in [7, 11) is 0. The molecule has 1 aromatic carbocycles. The Morgan fingerprint density at radius 2 is 1.62 bits per heavy atom. The van der Waals surface area contributed by atoms with Gasteiger partial charge in [0, 0.05) is 13.1 Å². The summed E-state index contributed by atoms with van der Waals surface area (Å²) in [6.45, 7) is 14.2. The van der Waals surface area contributed by atoms with Crippen LogP contribution in [0.4, 0.5) is 0 Å². The zero-order valence-electron chi connectivity index (χ0n) is 11.5. The van der Waals surface area contributed by atoms with Gasteiger partial charge in [0.05, 0.1) is 0 Å². The first-order valence-corrected chi connectivity index (χ1v) is 6.48. The van der Waals surface area contributed by atoms with E-state index < -0.39 is 0 Å². The highest BCUT2D eigenvalue weighted by Crippen LogP contribution is 2.06. The SMILES string of the molecule is CC.CCN(Cc1ccccc1)CC(C)C. The van der Waals surface area contributed by atoms with E-state index in [1.165, 1.54) is 12.1 Å². The summed E-state index contributed by atoms with van der Waals surface area (Å²) in [5, 5.41) is 0. The predicted octanol–water partition coefficient (Wildman–Crippen LogP) is 4.19. The molecule has 0 heterocycles. The van der Waals surface area contributed by atoms with Gasteiger partial charge in [-0.05, 0) is 18.0 Å². The molecule has 0 fully saturated rings. The van der Waals surface area contributed by atoms with Gasteiger partial charge in [0.15, 0.2) is 0 Å². The van der Waals surface area contributed by atoms with E-state index in [0.717, 1.165) is 19.0 Å². The van der Waals surface area contributed by atoms with Crippen LogP contribution in [0.25, 0.3) is 0 Å². The maximum absolute atomic E-state index is 2.49. The van der Waals surface area contributed by atoms with Crippen molar-refractivity contribution in [2.45, 2.75) is 41.2 Å². The van der Waals surface area contributed by atoms with Crippen molar-refractivity contribution in [2.75, 3.05) is 13.1 Å². The maximum Gasteiger partial charge on any atom is 0.0233 e. The van der Waals surface area contributed by atoms with Crippen LogP contribution in [0.15, 0.2) is 30.3 Å². The van der Waals surface area contributed by atoms with Gasteiger partial charge in [-0.25, -0.2) is 0 Å². The van der Waals surface area contributed by atoms with Crippen molar-refractivity contribution >= 4 is 0 Å². The lowest BCUT2D eigenvalue weighted by Gasteiger charge is -2.22. The molecule has 0 bridgehead atoms. The first kappa shape index (κ1) is 15.2. The van der Waals surface area contributed by atoms with E-state index in [4.69, 9.17) is 0 Å². The van der Waals surface area contributed by atoms with Gasteiger partial charge in [-0.2, -0.15) is 0 Å². The Balaban J connectivity index is 0.00000106. The Morgan fingerprint density at radius 1 is 1.06 bits per heavy atom. The number of hydrogen-bond acceptors (Lipinski definition) is 1. The third kappa shape index (κ3) is 6.62. The summed E-state index contributed by atoms with van der Waals surface area (Å²) in [6.07, 6.45) is 0. The van der Waals surface area contributed by atoms with Crippen LogP contribution in [0.1, 0.15) is 40.2 Å². The largest absolute Gasteiger partial charge is 0.299 e. The maximum atomic E-state index is 2.49. The second kappa shape index (κ2) is 9.41. The Labute approximate surface area is 101 Å². The highest BCUT2D eigenvalue weighted by Gasteiger charge is 2.04. The van der Waals surface area contributed by atoms with Crippen LogP contribution in [-0.4, -0.2) is 18.0 Å². The molecule has 0 aliphatic rings. The van der Waals surface area contributed by atoms with Crippen molar-refractivity contribution in [3.8, 4) is 0 Å². The van der Waals surface area contributed by atoms with E-state index in [0.29, 0.717) is 0 Å². The summed E-state index contributed by atoms with van der Waals surface area (Å²) in [5.74, 6) is 0.749. The van der Waals surface area contributed by atoms with Crippen LogP contribution < -0.4 is 0 Å². The zero-order chi connectivity index (χ0) is 12.4. The van der Waals surface area contributed by atoms with Gasteiger partial charge >= 0.3 is 0 Å². The molecule has 0 amide bonds. The molecule has 0 atom stereocenters. The molecule has 1 heteroatoms. The van der Waals surface area contributed by atoms with Crippen LogP contribution >= 0.6 is 0 Å². The molecule has 0 saturated carbocycles. The number of hydrogen-bond donors (Lipinski definition) is 0. The molecular weight excluding hydrogens is 194 g/mol. The van der Waals surface area contributed by atoms with E-state index in [1.54, 1.807) is 0 Å². The molecule has 0 aliphatic carbocycles. The second-order valence-corrected chi connectivity index (χ2v) is 4.21. The van der Waals surface area contributed by atoms with Crippen LogP contribution in [0, 0.1) is 5.92 Å². The molecule has 0 spiro atoms. The van der Waals surface area contributed by atoms with Gasteiger partial charge in [0.25, 0.3) is 0 Å². The average Bonchev–Trinajstić information content (AvgIpc) is 2.31. The highest BCUT2D eigenvalue weighted by atomic mass is 15.1. The zero-order valence-corrected chi connectivity index (χ0v) is 11.5. The fourth-order valence-electron chi connectivity index (χ4n) is 1.66. The van der Waals surface area contributed by atoms with Crippen molar-refractivity contribution in [2.24, 2.45) is 5.92 Å². The van der Waals surface area contributed by atoms with Crippen molar-refractivity contribution in [1.82, 2.24) is 4.90 Å². The van der Waals surface area contributed by atoms with Gasteiger partial charge < -0.3 is 0 Å². The Morgan fingerprint density at radius 3 is 2.06 bits per heavy atom. The Bertz CT molecular complexity index is 241. The fourth-order valence-corrected chi connectivity index (χ4v) is 1.66. The molecule has 1 rings (SSSR count).